The Bertz CT molecular complexity index is 1690. The van der Waals surface area contributed by atoms with E-state index in [1.54, 1.807) is 0 Å². The molecule has 1 saturated heterocycles. The van der Waals surface area contributed by atoms with Gasteiger partial charge in [0.2, 0.25) is 0 Å². The van der Waals surface area contributed by atoms with E-state index in [9.17, 15) is 0 Å². The zero-order valence-electron chi connectivity index (χ0n) is 24.5. The summed E-state index contributed by atoms with van der Waals surface area (Å²) in [4.78, 5) is 2.68. The largest absolute Gasteiger partial charge is 0.487 e. The second kappa shape index (κ2) is 12.2. The summed E-state index contributed by atoms with van der Waals surface area (Å²) in [6, 6.07) is 52.5. The van der Waals surface area contributed by atoms with Gasteiger partial charge in [-0.1, -0.05) is 121 Å². The molecule has 43 heavy (non-hydrogen) atoms. The predicted molar refractivity (Wildman–Crippen MR) is 180 cm³/mol. The van der Waals surface area contributed by atoms with E-state index in [1.165, 1.54) is 38.9 Å². The molecule has 1 unspecified atom stereocenters. The molecule has 4 heteroatoms. The highest BCUT2D eigenvalue weighted by Crippen LogP contribution is 2.46. The lowest BCUT2D eigenvalue weighted by molar-refractivity contribution is 0.202. The Morgan fingerprint density at radius 3 is 1.84 bits per heavy atom. The van der Waals surface area contributed by atoms with Gasteiger partial charge in [0.1, 0.15) is 12.4 Å². The van der Waals surface area contributed by atoms with Gasteiger partial charge in [-0.25, -0.2) is 0 Å². The van der Waals surface area contributed by atoms with Crippen molar-refractivity contribution >= 4 is 22.7 Å². The molecular formula is C39H36N2OS. The molecule has 1 atom stereocenters. The molecule has 6 aromatic rings. The Balaban J connectivity index is 1.09. The van der Waals surface area contributed by atoms with Gasteiger partial charge in [0.05, 0.1) is 11.2 Å². The standard InChI is InChI=1S/C39H36N2OS/c1-40-35(26-31-13-11-12-20-38(31)40)28-42-36-23-21-30(22-24-36)25-37-27-41(29-43-37)39(32-14-5-2-6-15-32,33-16-7-3-8-17-33)34-18-9-4-10-19-34/h2-24,26,37H,25,27-29H2,1H3. The van der Waals surface area contributed by atoms with Gasteiger partial charge in [-0.2, -0.15) is 0 Å². The third-order valence-corrected chi connectivity index (χ3v) is 10.0. The highest BCUT2D eigenvalue weighted by Gasteiger charge is 2.45. The van der Waals surface area contributed by atoms with Crippen LogP contribution in [0, 0.1) is 0 Å². The van der Waals surface area contributed by atoms with Gasteiger partial charge in [-0.15, -0.1) is 11.8 Å². The average Bonchev–Trinajstić information content (AvgIpc) is 3.67. The van der Waals surface area contributed by atoms with Crippen molar-refractivity contribution in [3.63, 3.8) is 0 Å². The zero-order valence-corrected chi connectivity index (χ0v) is 25.3. The molecule has 0 aliphatic carbocycles. The SMILES string of the molecule is Cn1c(COc2ccc(CC3CN(C(c4ccccc4)(c4ccccc4)c4ccccc4)CS3)cc2)cc2ccccc21. The number of para-hydroxylation sites is 1. The summed E-state index contributed by atoms with van der Waals surface area (Å²) in [5.41, 5.74) is 7.32. The van der Waals surface area contributed by atoms with Crippen LogP contribution in [0.15, 0.2) is 146 Å². The third-order valence-electron chi connectivity index (χ3n) is 8.76. The molecule has 1 fully saturated rings. The fraction of sp³-hybridized carbons (Fsp3) is 0.179. The maximum absolute atomic E-state index is 6.20. The van der Waals surface area contributed by atoms with Gasteiger partial charge in [-0.05, 0) is 58.3 Å². The van der Waals surface area contributed by atoms with E-state index in [-0.39, 0.29) is 5.54 Å². The molecule has 7 rings (SSSR count). The van der Waals surface area contributed by atoms with Crippen molar-refractivity contribution in [2.45, 2.75) is 23.8 Å². The number of thioether (sulfide) groups is 1. The van der Waals surface area contributed by atoms with E-state index < -0.39 is 0 Å². The van der Waals surface area contributed by atoms with Gasteiger partial charge in [-0.3, -0.25) is 4.90 Å². The van der Waals surface area contributed by atoms with Crippen LogP contribution in [0.25, 0.3) is 10.9 Å². The molecule has 3 nitrogen and oxygen atoms in total. The highest BCUT2D eigenvalue weighted by atomic mass is 32.2. The molecule has 0 radical (unpaired) electrons. The van der Waals surface area contributed by atoms with Crippen LogP contribution in [0.3, 0.4) is 0 Å². The number of nitrogens with zero attached hydrogens (tertiary/aromatic N) is 2. The minimum absolute atomic E-state index is 0.356. The number of aromatic nitrogens is 1. The van der Waals surface area contributed by atoms with E-state index in [1.807, 2.05) is 0 Å². The Morgan fingerprint density at radius 1 is 0.698 bits per heavy atom. The Labute approximate surface area is 258 Å². The van der Waals surface area contributed by atoms with Crippen molar-refractivity contribution in [2.75, 3.05) is 12.4 Å². The minimum atomic E-state index is -0.356. The molecule has 0 N–H and O–H groups in total. The summed E-state index contributed by atoms with van der Waals surface area (Å²) in [6.07, 6.45) is 1.03. The number of hydrogen-bond donors (Lipinski definition) is 0. The van der Waals surface area contributed by atoms with Crippen LogP contribution in [0.1, 0.15) is 27.9 Å². The van der Waals surface area contributed by atoms with Gasteiger partial charge < -0.3 is 9.30 Å². The molecular weight excluding hydrogens is 545 g/mol. The number of ether oxygens (including phenoxy) is 1. The van der Waals surface area contributed by atoms with E-state index >= 15 is 0 Å². The van der Waals surface area contributed by atoms with Crippen LogP contribution in [-0.4, -0.2) is 27.1 Å². The normalized spacial score (nSPS) is 15.6. The van der Waals surface area contributed by atoms with E-state index in [0.29, 0.717) is 11.9 Å². The molecule has 2 heterocycles. The molecule has 1 aromatic heterocycles. The van der Waals surface area contributed by atoms with E-state index in [0.717, 1.165) is 24.6 Å². The van der Waals surface area contributed by atoms with E-state index in [4.69, 9.17) is 4.74 Å². The van der Waals surface area contributed by atoms with Crippen LogP contribution < -0.4 is 4.74 Å². The predicted octanol–water partition coefficient (Wildman–Crippen LogP) is 8.67. The molecule has 0 amide bonds. The third kappa shape index (κ3) is 5.37. The molecule has 1 aliphatic heterocycles. The van der Waals surface area contributed by atoms with Crippen LogP contribution in [0.5, 0.6) is 5.75 Å². The van der Waals surface area contributed by atoms with E-state index in [2.05, 4.69) is 174 Å². The Kier molecular flexibility index (Phi) is 7.80. The molecule has 0 bridgehead atoms. The van der Waals surface area contributed by atoms with Crippen LogP contribution in [0.4, 0.5) is 0 Å². The minimum Gasteiger partial charge on any atom is -0.487 e. The average molecular weight is 581 g/mol. The Hall–Kier alpha value is -4.25. The number of benzene rings is 5. The van der Waals surface area contributed by atoms with Crippen LogP contribution >= 0.6 is 11.8 Å². The summed E-state index contributed by atoms with van der Waals surface area (Å²) < 4.78 is 8.42. The Morgan fingerprint density at radius 2 is 1.26 bits per heavy atom. The first-order valence-corrected chi connectivity index (χ1v) is 16.0. The van der Waals surface area contributed by atoms with Crippen molar-refractivity contribution in [2.24, 2.45) is 7.05 Å². The lowest BCUT2D eigenvalue weighted by Gasteiger charge is -2.43. The zero-order chi connectivity index (χ0) is 29.1. The van der Waals surface area contributed by atoms with Crippen molar-refractivity contribution < 1.29 is 4.74 Å². The summed E-state index contributed by atoms with van der Waals surface area (Å²) in [5.74, 6) is 1.88. The van der Waals surface area contributed by atoms with Crippen LogP contribution in [0.2, 0.25) is 0 Å². The number of aryl methyl sites for hydroxylation is 1. The second-order valence-corrected chi connectivity index (χ2v) is 12.6. The first-order chi connectivity index (χ1) is 21.2. The lowest BCUT2D eigenvalue weighted by Crippen LogP contribution is -2.47. The summed E-state index contributed by atoms with van der Waals surface area (Å²) in [5, 5.41) is 1.75. The summed E-state index contributed by atoms with van der Waals surface area (Å²) in [6.45, 7) is 1.56. The van der Waals surface area contributed by atoms with Gasteiger partial charge in [0.25, 0.3) is 0 Å². The maximum atomic E-state index is 6.20. The first-order valence-electron chi connectivity index (χ1n) is 15.0. The van der Waals surface area contributed by atoms with Crippen molar-refractivity contribution in [1.29, 1.82) is 0 Å². The summed E-state index contributed by atoms with van der Waals surface area (Å²) >= 11 is 2.06. The van der Waals surface area contributed by atoms with Gasteiger partial charge in [0.15, 0.2) is 0 Å². The molecule has 5 aromatic carbocycles. The van der Waals surface area contributed by atoms with Crippen molar-refractivity contribution in [3.8, 4) is 5.75 Å². The highest BCUT2D eigenvalue weighted by molar-refractivity contribution is 8.00. The second-order valence-electron chi connectivity index (χ2n) is 11.3. The van der Waals surface area contributed by atoms with Crippen LogP contribution in [-0.2, 0) is 25.6 Å². The van der Waals surface area contributed by atoms with Crippen molar-refractivity contribution in [1.82, 2.24) is 9.47 Å². The maximum Gasteiger partial charge on any atom is 0.128 e. The van der Waals surface area contributed by atoms with Gasteiger partial charge >= 0.3 is 0 Å². The first kappa shape index (κ1) is 27.6. The number of hydrogen-bond acceptors (Lipinski definition) is 3. The lowest BCUT2D eigenvalue weighted by atomic mass is 9.75. The molecule has 0 spiro atoms. The number of fused-ring (bicyclic) bond motifs is 1. The quantitative estimate of drug-likeness (QED) is 0.159. The fourth-order valence-electron chi connectivity index (χ4n) is 6.62. The smallest absolute Gasteiger partial charge is 0.128 e. The monoisotopic (exact) mass is 580 g/mol. The molecule has 214 valence electrons. The topological polar surface area (TPSA) is 17.4 Å². The fourth-order valence-corrected chi connectivity index (χ4v) is 7.90. The summed E-state index contributed by atoms with van der Waals surface area (Å²) in [7, 11) is 2.11. The molecule has 1 aliphatic rings. The van der Waals surface area contributed by atoms with Crippen molar-refractivity contribution in [3.05, 3.63) is 174 Å². The molecule has 0 saturated carbocycles. The van der Waals surface area contributed by atoms with Gasteiger partial charge in [0, 0.05) is 30.2 Å². The number of rotatable bonds is 9.